The number of aliphatic hydroxyl groups excluding tert-OH is 2. The number of hydrogen-bond donors (Lipinski definition) is 3. The van der Waals surface area contributed by atoms with E-state index in [-0.39, 0.29) is 35.1 Å². The third-order valence-corrected chi connectivity index (χ3v) is 9.07. The molecular weight excluding hydrogens is 320 g/mol. The molecule has 0 aromatic rings. The Morgan fingerprint density at radius 3 is 2.56 bits per heavy atom. The predicted octanol–water partition coefficient (Wildman–Crippen LogP) is 1.47. The minimum Gasteiger partial charge on any atom is -0.393 e. The van der Waals surface area contributed by atoms with E-state index in [0.717, 1.165) is 32.0 Å². The standard InChI is InChI=1S/C20H30O5/c1-17(10-21)15(24)3-4-18(2)16(17)14(23)8-12-7-13-9-19(12,18)5-6-20(13,25)11-22/h10,12-13,15-16,22,24-25H,3-9,11H2,1-2H3. The monoisotopic (exact) mass is 350 g/mol. The van der Waals surface area contributed by atoms with Crippen molar-refractivity contribution >= 4 is 12.1 Å². The quantitative estimate of drug-likeness (QED) is 0.656. The van der Waals surface area contributed by atoms with Gasteiger partial charge in [-0.1, -0.05) is 6.92 Å². The number of hydrogen-bond acceptors (Lipinski definition) is 5. The van der Waals surface area contributed by atoms with Gasteiger partial charge in [-0.05, 0) is 68.1 Å². The van der Waals surface area contributed by atoms with E-state index in [2.05, 4.69) is 6.92 Å². The van der Waals surface area contributed by atoms with Gasteiger partial charge in [0.2, 0.25) is 0 Å². The number of aldehydes is 1. The minimum atomic E-state index is -1.03. The molecule has 4 saturated carbocycles. The summed E-state index contributed by atoms with van der Waals surface area (Å²) in [6, 6.07) is 0. The number of aliphatic hydroxyl groups is 3. The Balaban J connectivity index is 1.81. The number of carbonyl (C=O) groups excluding carboxylic acids is 2. The normalized spacial score (nSPS) is 57.7. The average molecular weight is 350 g/mol. The first-order chi connectivity index (χ1) is 11.7. The Morgan fingerprint density at radius 2 is 1.92 bits per heavy atom. The van der Waals surface area contributed by atoms with Crippen LogP contribution in [0.4, 0.5) is 0 Å². The molecule has 8 unspecified atom stereocenters. The van der Waals surface area contributed by atoms with Gasteiger partial charge in [-0.2, -0.15) is 0 Å². The van der Waals surface area contributed by atoms with Crippen LogP contribution in [0.15, 0.2) is 0 Å². The van der Waals surface area contributed by atoms with Crippen LogP contribution in [0.3, 0.4) is 0 Å². The van der Waals surface area contributed by atoms with E-state index in [1.54, 1.807) is 6.92 Å². The molecule has 0 amide bonds. The van der Waals surface area contributed by atoms with Gasteiger partial charge in [-0.3, -0.25) is 4.79 Å². The summed E-state index contributed by atoms with van der Waals surface area (Å²) < 4.78 is 0. The fraction of sp³-hybridized carbons (Fsp3) is 0.900. The van der Waals surface area contributed by atoms with Gasteiger partial charge in [0, 0.05) is 12.3 Å². The summed E-state index contributed by atoms with van der Waals surface area (Å²) in [6.45, 7) is 3.68. The highest BCUT2D eigenvalue weighted by Gasteiger charge is 2.72. The molecule has 4 fully saturated rings. The van der Waals surface area contributed by atoms with Crippen LogP contribution < -0.4 is 0 Å². The fourth-order valence-corrected chi connectivity index (χ4v) is 7.61. The second-order valence-electron chi connectivity index (χ2n) is 9.81. The molecule has 0 aromatic carbocycles. The topological polar surface area (TPSA) is 94.8 Å². The van der Waals surface area contributed by atoms with Crippen molar-refractivity contribution in [1.29, 1.82) is 0 Å². The van der Waals surface area contributed by atoms with Crippen LogP contribution in [0.2, 0.25) is 0 Å². The average Bonchev–Trinajstić information content (AvgIpc) is 2.92. The molecule has 4 aliphatic carbocycles. The largest absolute Gasteiger partial charge is 0.393 e. The summed E-state index contributed by atoms with van der Waals surface area (Å²) >= 11 is 0. The predicted molar refractivity (Wildman–Crippen MR) is 90.5 cm³/mol. The van der Waals surface area contributed by atoms with E-state index in [9.17, 15) is 24.9 Å². The van der Waals surface area contributed by atoms with Crippen LogP contribution in [-0.2, 0) is 9.59 Å². The van der Waals surface area contributed by atoms with E-state index in [0.29, 0.717) is 19.3 Å². The third kappa shape index (κ3) is 1.90. The van der Waals surface area contributed by atoms with Crippen LogP contribution in [-0.4, -0.2) is 45.7 Å². The molecule has 0 radical (unpaired) electrons. The van der Waals surface area contributed by atoms with Crippen molar-refractivity contribution in [3.8, 4) is 0 Å². The first kappa shape index (κ1) is 17.6. The van der Waals surface area contributed by atoms with Crippen LogP contribution in [0, 0.1) is 34.0 Å². The summed E-state index contributed by atoms with van der Waals surface area (Å²) in [7, 11) is 0. The molecule has 5 heteroatoms. The molecular formula is C20H30O5. The highest BCUT2D eigenvalue weighted by atomic mass is 16.3. The van der Waals surface area contributed by atoms with Gasteiger partial charge in [-0.15, -0.1) is 0 Å². The summed E-state index contributed by atoms with van der Waals surface area (Å²) in [5.41, 5.74) is -2.44. The van der Waals surface area contributed by atoms with Crippen LogP contribution >= 0.6 is 0 Å². The minimum absolute atomic E-state index is 0.0222. The van der Waals surface area contributed by atoms with Gasteiger partial charge in [-0.25, -0.2) is 0 Å². The Bertz CT molecular complexity index is 619. The van der Waals surface area contributed by atoms with E-state index in [4.69, 9.17) is 0 Å². The first-order valence-corrected chi connectivity index (χ1v) is 9.67. The van der Waals surface area contributed by atoms with Crippen molar-refractivity contribution < 1.29 is 24.9 Å². The molecule has 0 saturated heterocycles. The second-order valence-corrected chi connectivity index (χ2v) is 9.81. The number of fused-ring (bicyclic) bond motifs is 2. The maximum Gasteiger partial charge on any atom is 0.137 e. The summed E-state index contributed by atoms with van der Waals surface area (Å²) in [4.78, 5) is 25.1. The van der Waals surface area contributed by atoms with E-state index < -0.39 is 23.0 Å². The molecule has 3 N–H and O–H groups in total. The summed E-state index contributed by atoms with van der Waals surface area (Å²) in [5.74, 6) is -0.102. The van der Waals surface area contributed by atoms with Crippen LogP contribution in [0.5, 0.6) is 0 Å². The summed E-state index contributed by atoms with van der Waals surface area (Å²) in [5, 5.41) is 31.1. The zero-order valence-electron chi connectivity index (χ0n) is 15.2. The molecule has 25 heavy (non-hydrogen) atoms. The molecule has 0 heterocycles. The second kappa shape index (κ2) is 5.14. The lowest BCUT2D eigenvalue weighted by Gasteiger charge is -2.64. The molecule has 140 valence electrons. The molecule has 2 bridgehead atoms. The molecule has 0 aliphatic heterocycles. The van der Waals surface area contributed by atoms with Gasteiger partial charge in [0.15, 0.2) is 0 Å². The maximum absolute atomic E-state index is 13.1. The smallest absolute Gasteiger partial charge is 0.137 e. The van der Waals surface area contributed by atoms with Crippen molar-refractivity contribution in [2.75, 3.05) is 6.61 Å². The number of carbonyl (C=O) groups is 2. The lowest BCUT2D eigenvalue weighted by Crippen LogP contribution is -2.65. The van der Waals surface area contributed by atoms with Crippen molar-refractivity contribution in [3.63, 3.8) is 0 Å². The van der Waals surface area contributed by atoms with Crippen LogP contribution in [0.1, 0.15) is 58.8 Å². The SMILES string of the molecule is CC1(C=O)C(O)CCC2(C)C1C(=O)CC1CC3CC12CCC3(O)CO. The molecule has 1 spiro atoms. The van der Waals surface area contributed by atoms with E-state index >= 15 is 0 Å². The number of ketones is 1. The van der Waals surface area contributed by atoms with Crippen molar-refractivity contribution in [2.24, 2.45) is 34.0 Å². The number of Topliss-reactive ketones (excluding diaryl/α,β-unsaturated/α-hetero) is 1. The van der Waals surface area contributed by atoms with Crippen molar-refractivity contribution in [2.45, 2.75) is 70.5 Å². The maximum atomic E-state index is 13.1. The first-order valence-electron chi connectivity index (χ1n) is 9.67. The van der Waals surface area contributed by atoms with Gasteiger partial charge in [0.25, 0.3) is 0 Å². The lowest BCUT2D eigenvalue weighted by molar-refractivity contribution is -0.202. The van der Waals surface area contributed by atoms with Gasteiger partial charge in [0.1, 0.15) is 12.1 Å². The molecule has 4 aliphatic rings. The lowest BCUT2D eigenvalue weighted by atomic mass is 9.39. The molecule has 4 rings (SSSR count). The Kier molecular flexibility index (Phi) is 3.62. The Labute approximate surface area is 148 Å². The van der Waals surface area contributed by atoms with Gasteiger partial charge >= 0.3 is 0 Å². The fourth-order valence-electron chi connectivity index (χ4n) is 7.61. The molecule has 5 nitrogen and oxygen atoms in total. The highest BCUT2D eigenvalue weighted by molar-refractivity contribution is 5.88. The van der Waals surface area contributed by atoms with Gasteiger partial charge < -0.3 is 20.1 Å². The highest BCUT2D eigenvalue weighted by Crippen LogP contribution is 2.74. The molecule has 0 aromatic heterocycles. The van der Waals surface area contributed by atoms with Crippen molar-refractivity contribution in [3.05, 3.63) is 0 Å². The van der Waals surface area contributed by atoms with Crippen LogP contribution in [0.25, 0.3) is 0 Å². The van der Waals surface area contributed by atoms with Crippen molar-refractivity contribution in [1.82, 2.24) is 0 Å². The van der Waals surface area contributed by atoms with E-state index in [1.807, 2.05) is 0 Å². The van der Waals surface area contributed by atoms with E-state index in [1.165, 1.54) is 0 Å². The Morgan fingerprint density at radius 1 is 1.20 bits per heavy atom. The third-order valence-electron chi connectivity index (χ3n) is 9.07. The zero-order chi connectivity index (χ0) is 18.3. The number of rotatable bonds is 2. The van der Waals surface area contributed by atoms with Gasteiger partial charge in [0.05, 0.1) is 23.7 Å². The summed E-state index contributed by atoms with van der Waals surface area (Å²) in [6.07, 6.45) is 4.72. The molecule has 8 atom stereocenters. The Hall–Kier alpha value is -0.780. The zero-order valence-corrected chi connectivity index (χ0v) is 15.2.